The van der Waals surface area contributed by atoms with Gasteiger partial charge in [-0.05, 0) is 6.92 Å². The van der Waals surface area contributed by atoms with Gasteiger partial charge in [-0.15, -0.1) is 0 Å². The van der Waals surface area contributed by atoms with Gasteiger partial charge in [-0.3, -0.25) is 9.79 Å². The Morgan fingerprint density at radius 3 is 3.17 bits per heavy atom. The molecule has 12 heavy (non-hydrogen) atoms. The van der Waals surface area contributed by atoms with Gasteiger partial charge >= 0.3 is 0 Å². The van der Waals surface area contributed by atoms with Gasteiger partial charge in [-0.1, -0.05) is 11.8 Å². The molecule has 1 heterocycles. The molecule has 1 rings (SSSR count). The highest BCUT2D eigenvalue weighted by molar-refractivity contribution is 8.14. The smallest absolute Gasteiger partial charge is 0.239 e. The lowest BCUT2D eigenvalue weighted by Crippen LogP contribution is -2.35. The second kappa shape index (κ2) is 5.03. The van der Waals surface area contributed by atoms with E-state index in [-0.39, 0.29) is 5.91 Å². The maximum Gasteiger partial charge on any atom is 0.239 e. The van der Waals surface area contributed by atoms with Crippen LogP contribution in [0.1, 0.15) is 6.92 Å². The number of thioether (sulfide) groups is 1. The molecule has 68 valence electrons. The van der Waals surface area contributed by atoms with Crippen molar-refractivity contribution >= 4 is 22.8 Å². The average molecular weight is 187 g/mol. The van der Waals surface area contributed by atoms with Crippen LogP contribution >= 0.6 is 11.8 Å². The Morgan fingerprint density at radius 2 is 2.58 bits per heavy atom. The number of carbonyl (C=O) groups is 1. The van der Waals surface area contributed by atoms with Gasteiger partial charge in [0, 0.05) is 12.3 Å². The molecule has 0 aromatic heterocycles. The molecule has 1 aliphatic heterocycles. The summed E-state index contributed by atoms with van der Waals surface area (Å²) in [6.07, 6.45) is 0. The zero-order chi connectivity index (χ0) is 8.81. The molecule has 0 aromatic carbocycles. The molecule has 5 heteroatoms. The number of carbonyl (C=O) groups excluding carboxylic acids is 1. The van der Waals surface area contributed by atoms with Crippen molar-refractivity contribution in [3.05, 3.63) is 0 Å². The molecule has 1 amide bonds. The van der Waals surface area contributed by atoms with Gasteiger partial charge in [0.2, 0.25) is 5.91 Å². The van der Waals surface area contributed by atoms with Crippen LogP contribution in [0.25, 0.3) is 0 Å². The first-order valence-electron chi connectivity index (χ1n) is 4.00. The van der Waals surface area contributed by atoms with E-state index in [1.807, 2.05) is 6.92 Å². The normalized spacial score (nSPS) is 15.6. The second-order valence-electron chi connectivity index (χ2n) is 2.34. The second-order valence-corrected chi connectivity index (χ2v) is 3.43. The number of hydrogen-bond donors (Lipinski definition) is 2. The monoisotopic (exact) mass is 187 g/mol. The predicted molar refractivity (Wildman–Crippen MR) is 51.4 cm³/mol. The highest BCUT2D eigenvalue weighted by Crippen LogP contribution is 2.07. The highest BCUT2D eigenvalue weighted by atomic mass is 32.2. The fourth-order valence-corrected chi connectivity index (χ4v) is 1.59. The summed E-state index contributed by atoms with van der Waals surface area (Å²) in [5.41, 5.74) is 0. The Bertz CT molecular complexity index is 193. The average Bonchev–Trinajstić information content (AvgIpc) is 2.53. The Kier molecular flexibility index (Phi) is 3.93. The van der Waals surface area contributed by atoms with Crippen molar-refractivity contribution in [3.8, 4) is 0 Å². The maximum atomic E-state index is 11.0. The van der Waals surface area contributed by atoms with Gasteiger partial charge < -0.3 is 10.6 Å². The fraction of sp³-hybridized carbons (Fsp3) is 0.714. The number of hydrogen-bond acceptors (Lipinski definition) is 4. The first-order valence-corrected chi connectivity index (χ1v) is 4.99. The number of rotatable bonds is 3. The molecule has 0 fully saturated rings. The van der Waals surface area contributed by atoms with Crippen LogP contribution < -0.4 is 10.6 Å². The third-order valence-electron chi connectivity index (χ3n) is 1.36. The van der Waals surface area contributed by atoms with Crippen LogP contribution in [-0.4, -0.2) is 36.5 Å². The summed E-state index contributed by atoms with van der Waals surface area (Å²) >= 11 is 1.66. The molecule has 2 N–H and O–H groups in total. The van der Waals surface area contributed by atoms with E-state index in [1.54, 1.807) is 11.8 Å². The zero-order valence-corrected chi connectivity index (χ0v) is 7.91. The Hall–Kier alpha value is -0.710. The van der Waals surface area contributed by atoms with E-state index < -0.39 is 0 Å². The number of nitrogens with one attached hydrogen (secondary N) is 2. The number of amidine groups is 1. The molecule has 0 aliphatic carbocycles. The summed E-state index contributed by atoms with van der Waals surface area (Å²) in [6, 6.07) is 0. The largest absolute Gasteiger partial charge is 0.356 e. The van der Waals surface area contributed by atoms with E-state index in [4.69, 9.17) is 0 Å². The molecule has 0 radical (unpaired) electrons. The van der Waals surface area contributed by atoms with Crippen LogP contribution in [0, 0.1) is 0 Å². The predicted octanol–water partition coefficient (Wildman–Crippen LogP) is -0.185. The van der Waals surface area contributed by atoms with Crippen molar-refractivity contribution in [2.75, 3.05) is 25.4 Å². The lowest BCUT2D eigenvalue weighted by atomic mass is 10.5. The van der Waals surface area contributed by atoms with Gasteiger partial charge in [0.05, 0.1) is 13.1 Å². The van der Waals surface area contributed by atoms with E-state index in [9.17, 15) is 4.79 Å². The van der Waals surface area contributed by atoms with Crippen molar-refractivity contribution in [1.29, 1.82) is 0 Å². The van der Waals surface area contributed by atoms with Crippen molar-refractivity contribution in [2.45, 2.75) is 6.92 Å². The minimum atomic E-state index is 0.0210. The summed E-state index contributed by atoms with van der Waals surface area (Å²) in [6.45, 7) is 3.78. The van der Waals surface area contributed by atoms with Crippen molar-refractivity contribution in [1.82, 2.24) is 10.6 Å². The SMILES string of the molecule is CCNC(=O)CNC1=NCCS1. The summed E-state index contributed by atoms with van der Waals surface area (Å²) in [5.74, 6) is 1.05. The quantitative estimate of drug-likeness (QED) is 0.644. The Balaban J connectivity index is 2.12. The number of nitrogens with zero attached hydrogens (tertiary/aromatic N) is 1. The highest BCUT2D eigenvalue weighted by Gasteiger charge is 2.07. The van der Waals surface area contributed by atoms with Crippen LogP contribution in [0.15, 0.2) is 4.99 Å². The topological polar surface area (TPSA) is 53.5 Å². The standard InChI is InChI=1S/C7H13N3OS/c1-2-8-6(11)5-10-7-9-3-4-12-7/h2-5H2,1H3,(H,8,11)(H,9,10). The summed E-state index contributed by atoms with van der Waals surface area (Å²) in [5, 5.41) is 6.56. The van der Waals surface area contributed by atoms with Crippen LogP contribution in [0.3, 0.4) is 0 Å². The molecular formula is C7H13N3OS. The van der Waals surface area contributed by atoms with Crippen LogP contribution in [0.2, 0.25) is 0 Å². The molecule has 0 aromatic rings. The van der Waals surface area contributed by atoms with E-state index in [0.29, 0.717) is 13.1 Å². The number of likely N-dealkylation sites (N-methyl/N-ethyl adjacent to an activating group) is 1. The first-order chi connectivity index (χ1) is 5.83. The third-order valence-corrected chi connectivity index (χ3v) is 2.29. The van der Waals surface area contributed by atoms with Gasteiger partial charge in [0.15, 0.2) is 5.17 Å². The summed E-state index contributed by atoms with van der Waals surface area (Å²) in [7, 11) is 0. The lowest BCUT2D eigenvalue weighted by molar-refractivity contribution is -0.119. The molecule has 4 nitrogen and oxygen atoms in total. The van der Waals surface area contributed by atoms with Crippen molar-refractivity contribution < 1.29 is 4.79 Å². The van der Waals surface area contributed by atoms with Gasteiger partial charge in [-0.25, -0.2) is 0 Å². The van der Waals surface area contributed by atoms with E-state index in [2.05, 4.69) is 15.6 Å². The number of amides is 1. The zero-order valence-electron chi connectivity index (χ0n) is 7.09. The van der Waals surface area contributed by atoms with E-state index >= 15 is 0 Å². The van der Waals surface area contributed by atoms with Gasteiger partial charge in [-0.2, -0.15) is 0 Å². The van der Waals surface area contributed by atoms with Crippen LogP contribution in [0.4, 0.5) is 0 Å². The Labute approximate surface area is 76.2 Å². The van der Waals surface area contributed by atoms with Gasteiger partial charge in [0.25, 0.3) is 0 Å². The van der Waals surface area contributed by atoms with Crippen LogP contribution in [0.5, 0.6) is 0 Å². The third kappa shape index (κ3) is 3.13. The van der Waals surface area contributed by atoms with Gasteiger partial charge in [0.1, 0.15) is 0 Å². The van der Waals surface area contributed by atoms with Crippen LogP contribution in [-0.2, 0) is 4.79 Å². The number of aliphatic imine (C=N–C) groups is 1. The molecule has 0 unspecified atom stereocenters. The fourth-order valence-electron chi connectivity index (χ4n) is 0.858. The minimum absolute atomic E-state index is 0.0210. The van der Waals surface area contributed by atoms with Crippen molar-refractivity contribution in [2.24, 2.45) is 4.99 Å². The molecule has 0 saturated carbocycles. The summed E-state index contributed by atoms with van der Waals surface area (Å²) < 4.78 is 0. The Morgan fingerprint density at radius 1 is 1.75 bits per heavy atom. The van der Waals surface area contributed by atoms with E-state index in [1.165, 1.54) is 0 Å². The van der Waals surface area contributed by atoms with E-state index in [0.717, 1.165) is 17.5 Å². The first kappa shape index (κ1) is 9.38. The molecular weight excluding hydrogens is 174 g/mol. The molecule has 0 atom stereocenters. The maximum absolute atomic E-state index is 11.0. The molecule has 0 saturated heterocycles. The molecule has 0 bridgehead atoms. The summed E-state index contributed by atoms with van der Waals surface area (Å²) in [4.78, 5) is 15.1. The molecule has 0 spiro atoms. The molecule has 1 aliphatic rings. The van der Waals surface area contributed by atoms with Crippen molar-refractivity contribution in [3.63, 3.8) is 0 Å². The lowest BCUT2D eigenvalue weighted by Gasteiger charge is -2.04. The minimum Gasteiger partial charge on any atom is -0.356 e.